The number of piperazine rings is 1. The lowest BCUT2D eigenvalue weighted by Crippen LogP contribution is -2.53. The summed E-state index contributed by atoms with van der Waals surface area (Å²) in [7, 11) is -3.54. The van der Waals surface area contributed by atoms with Crippen molar-refractivity contribution in [3.63, 3.8) is 0 Å². The molecule has 1 aromatic carbocycles. The number of benzene rings is 1. The number of ether oxygens (including phenoxy) is 1. The summed E-state index contributed by atoms with van der Waals surface area (Å²) in [5, 5.41) is 4.91. The molecule has 0 atom stereocenters. The van der Waals surface area contributed by atoms with Crippen LogP contribution in [0.25, 0.3) is 5.69 Å². The highest BCUT2D eigenvalue weighted by atomic mass is 35.5. The van der Waals surface area contributed by atoms with Crippen LogP contribution in [0.15, 0.2) is 35.3 Å². The van der Waals surface area contributed by atoms with Gasteiger partial charge in [0.05, 0.1) is 18.5 Å². The van der Waals surface area contributed by atoms with Gasteiger partial charge in [-0.05, 0) is 49.3 Å². The zero-order valence-corrected chi connectivity index (χ0v) is 21.7. The van der Waals surface area contributed by atoms with Crippen LogP contribution in [-0.2, 0) is 10.2 Å². The van der Waals surface area contributed by atoms with Crippen molar-refractivity contribution < 1.29 is 13.2 Å². The third kappa shape index (κ3) is 5.50. The summed E-state index contributed by atoms with van der Waals surface area (Å²) < 4.78 is 37.2. The van der Waals surface area contributed by atoms with Gasteiger partial charge in [-0.25, -0.2) is 4.72 Å². The van der Waals surface area contributed by atoms with Gasteiger partial charge in [-0.15, -0.1) is 0 Å². The molecule has 3 fully saturated rings. The highest BCUT2D eigenvalue weighted by Crippen LogP contribution is 2.45. The molecule has 1 aliphatic heterocycles. The first-order chi connectivity index (χ1) is 16.6. The van der Waals surface area contributed by atoms with Crippen LogP contribution in [0.5, 0.6) is 5.75 Å². The van der Waals surface area contributed by atoms with Gasteiger partial charge in [-0.2, -0.15) is 22.5 Å². The molecule has 1 N–H and O–H groups in total. The Bertz CT molecular complexity index is 1260. The van der Waals surface area contributed by atoms with Gasteiger partial charge in [-0.3, -0.25) is 4.79 Å². The van der Waals surface area contributed by atoms with E-state index in [2.05, 4.69) is 23.7 Å². The molecule has 11 heteroatoms. The van der Waals surface area contributed by atoms with Gasteiger partial charge in [0.2, 0.25) is 5.75 Å². The largest absolute Gasteiger partial charge is 0.486 e. The Hall–Kier alpha value is -2.14. The summed E-state index contributed by atoms with van der Waals surface area (Å²) in [4.78, 5) is 15.5. The van der Waals surface area contributed by atoms with Crippen molar-refractivity contribution in [1.29, 1.82) is 0 Å². The van der Waals surface area contributed by atoms with Gasteiger partial charge in [0.15, 0.2) is 0 Å². The number of anilines is 1. The SMILES string of the molecule is CC1(CNS(=O)(=O)N2CCN(c3cnn(-c4cccc(Cl)c4)c(=O)c3OCC3(C)CC3)CC2)CC1. The van der Waals surface area contributed by atoms with Gasteiger partial charge >= 0.3 is 5.56 Å². The summed E-state index contributed by atoms with van der Waals surface area (Å²) in [6, 6.07) is 6.96. The van der Waals surface area contributed by atoms with Crippen LogP contribution in [0, 0.1) is 10.8 Å². The summed E-state index contributed by atoms with van der Waals surface area (Å²) in [6.45, 7) is 6.67. The van der Waals surface area contributed by atoms with Crippen LogP contribution in [-0.4, -0.2) is 61.8 Å². The van der Waals surface area contributed by atoms with Gasteiger partial charge in [-0.1, -0.05) is 31.5 Å². The smallest absolute Gasteiger partial charge is 0.316 e. The van der Waals surface area contributed by atoms with E-state index in [-0.39, 0.29) is 22.1 Å². The van der Waals surface area contributed by atoms with E-state index in [4.69, 9.17) is 16.3 Å². The van der Waals surface area contributed by atoms with Crippen molar-refractivity contribution in [2.45, 2.75) is 39.5 Å². The van der Waals surface area contributed by atoms with Crippen molar-refractivity contribution in [1.82, 2.24) is 18.8 Å². The fourth-order valence-corrected chi connectivity index (χ4v) is 5.64. The third-order valence-electron chi connectivity index (χ3n) is 7.34. The first-order valence-corrected chi connectivity index (χ1v) is 13.9. The molecule has 1 saturated heterocycles. The second-order valence-electron chi connectivity index (χ2n) is 10.7. The van der Waals surface area contributed by atoms with Crippen LogP contribution >= 0.6 is 11.6 Å². The highest BCUT2D eigenvalue weighted by molar-refractivity contribution is 7.87. The van der Waals surface area contributed by atoms with E-state index in [1.54, 1.807) is 30.5 Å². The maximum Gasteiger partial charge on any atom is 0.316 e. The average molecular weight is 522 g/mol. The lowest BCUT2D eigenvalue weighted by atomic mass is 10.2. The van der Waals surface area contributed by atoms with Crippen molar-refractivity contribution in [2.75, 3.05) is 44.2 Å². The second kappa shape index (κ2) is 9.06. The molecule has 0 radical (unpaired) electrons. The molecular weight excluding hydrogens is 490 g/mol. The van der Waals surface area contributed by atoms with Crippen LogP contribution in [0.1, 0.15) is 39.5 Å². The van der Waals surface area contributed by atoms with Crippen molar-refractivity contribution in [3.8, 4) is 11.4 Å². The minimum Gasteiger partial charge on any atom is -0.486 e. The first kappa shape index (κ1) is 24.5. The minimum absolute atomic E-state index is 0.0878. The molecule has 2 heterocycles. The average Bonchev–Trinajstić information content (AvgIpc) is 3.76. The molecule has 9 nitrogen and oxygen atoms in total. The number of nitrogens with zero attached hydrogens (tertiary/aromatic N) is 4. The lowest BCUT2D eigenvalue weighted by molar-refractivity contribution is 0.242. The van der Waals surface area contributed by atoms with Crippen LogP contribution in [0.2, 0.25) is 5.02 Å². The molecule has 0 amide bonds. The Morgan fingerprint density at radius 3 is 2.40 bits per heavy atom. The van der Waals surface area contributed by atoms with Crippen molar-refractivity contribution >= 4 is 27.5 Å². The number of nitrogens with one attached hydrogen (secondary N) is 1. The molecular formula is C24H32ClN5O4S. The normalized spacial score (nSPS) is 21.1. The van der Waals surface area contributed by atoms with E-state index in [9.17, 15) is 13.2 Å². The van der Waals surface area contributed by atoms with Crippen molar-refractivity contribution in [3.05, 3.63) is 45.8 Å². The molecule has 0 bridgehead atoms. The van der Waals surface area contributed by atoms with Crippen LogP contribution < -0.4 is 19.9 Å². The molecule has 0 unspecified atom stereocenters. The first-order valence-electron chi connectivity index (χ1n) is 12.1. The van der Waals surface area contributed by atoms with Crippen molar-refractivity contribution in [2.24, 2.45) is 10.8 Å². The monoisotopic (exact) mass is 521 g/mol. The van der Waals surface area contributed by atoms with E-state index in [0.717, 1.165) is 25.7 Å². The molecule has 3 aliphatic rings. The zero-order chi connectivity index (χ0) is 24.8. The van der Waals surface area contributed by atoms with Gasteiger partial charge in [0.1, 0.15) is 5.69 Å². The Balaban J connectivity index is 1.36. The summed E-state index contributed by atoms with van der Waals surface area (Å²) >= 11 is 6.13. The fraction of sp³-hybridized carbons (Fsp3) is 0.583. The predicted molar refractivity (Wildman–Crippen MR) is 136 cm³/mol. The number of aromatic nitrogens is 2. The maximum atomic E-state index is 13.5. The fourth-order valence-electron chi connectivity index (χ4n) is 4.10. The van der Waals surface area contributed by atoms with E-state index in [0.29, 0.717) is 55.7 Å². The Kier molecular flexibility index (Phi) is 6.36. The molecule has 2 aliphatic carbocycles. The van der Waals surface area contributed by atoms with E-state index < -0.39 is 10.2 Å². The van der Waals surface area contributed by atoms with E-state index in [1.165, 1.54) is 8.99 Å². The lowest BCUT2D eigenvalue weighted by Gasteiger charge is -2.35. The molecule has 2 saturated carbocycles. The van der Waals surface area contributed by atoms with Gasteiger partial charge < -0.3 is 9.64 Å². The minimum atomic E-state index is -3.54. The molecule has 1 aromatic heterocycles. The van der Waals surface area contributed by atoms with E-state index in [1.807, 2.05) is 4.90 Å². The molecule has 2 aromatic rings. The Morgan fingerprint density at radius 1 is 1.09 bits per heavy atom. The molecule has 5 rings (SSSR count). The predicted octanol–water partition coefficient (Wildman–Crippen LogP) is 2.82. The van der Waals surface area contributed by atoms with Crippen LogP contribution in [0.4, 0.5) is 5.69 Å². The topological polar surface area (TPSA) is 96.8 Å². The quantitative estimate of drug-likeness (QED) is 0.545. The molecule has 190 valence electrons. The van der Waals surface area contributed by atoms with E-state index >= 15 is 0 Å². The maximum absolute atomic E-state index is 13.5. The Labute approximate surface area is 211 Å². The number of rotatable bonds is 9. The third-order valence-corrected chi connectivity index (χ3v) is 9.13. The number of hydrogen-bond acceptors (Lipinski definition) is 6. The number of halogens is 1. The van der Waals surface area contributed by atoms with Crippen LogP contribution in [0.3, 0.4) is 0 Å². The molecule has 35 heavy (non-hydrogen) atoms. The molecule has 0 spiro atoms. The summed E-state index contributed by atoms with van der Waals surface area (Å²) in [6.07, 6.45) is 5.87. The van der Waals surface area contributed by atoms with Gasteiger partial charge in [0.25, 0.3) is 10.2 Å². The highest BCUT2D eigenvalue weighted by Gasteiger charge is 2.40. The summed E-state index contributed by atoms with van der Waals surface area (Å²) in [5.41, 5.74) is 0.974. The summed E-state index contributed by atoms with van der Waals surface area (Å²) in [5.74, 6) is 0.240. The number of hydrogen-bond donors (Lipinski definition) is 1. The Morgan fingerprint density at radius 2 is 1.77 bits per heavy atom. The zero-order valence-electron chi connectivity index (χ0n) is 20.2. The van der Waals surface area contributed by atoms with Gasteiger partial charge in [0, 0.05) is 43.2 Å². The standard InChI is InChI=1S/C24H32ClN5O4S/c1-23(6-7-23)16-27-35(32,33)29-12-10-28(11-13-29)20-15-26-30(19-5-3-4-18(25)14-19)22(31)21(20)34-17-24(2)8-9-24/h3-5,14-15,27H,6-13,16-17H2,1-2H3. The second-order valence-corrected chi connectivity index (χ2v) is 12.9.